The lowest BCUT2D eigenvalue weighted by atomic mass is 10.1. The van der Waals surface area contributed by atoms with Gasteiger partial charge in [-0.15, -0.1) is 11.3 Å². The highest BCUT2D eigenvalue weighted by molar-refractivity contribution is 9.13. The number of hydrogen-bond acceptors (Lipinski definition) is 3. The Morgan fingerprint density at radius 1 is 1.56 bits per heavy atom. The van der Waals surface area contributed by atoms with E-state index >= 15 is 0 Å². The number of thiophene rings is 1. The van der Waals surface area contributed by atoms with Crippen LogP contribution < -0.4 is 5.73 Å². The molecular formula is C11H16Br2N2S. The van der Waals surface area contributed by atoms with Crippen LogP contribution in [-0.4, -0.2) is 24.5 Å². The van der Waals surface area contributed by atoms with Crippen molar-refractivity contribution in [2.24, 2.45) is 11.7 Å². The predicted molar refractivity (Wildman–Crippen MR) is 76.8 cm³/mol. The van der Waals surface area contributed by atoms with E-state index in [1.807, 2.05) is 0 Å². The summed E-state index contributed by atoms with van der Waals surface area (Å²) in [4.78, 5) is 3.77. The molecule has 90 valence electrons. The monoisotopic (exact) mass is 366 g/mol. The fourth-order valence-electron chi connectivity index (χ4n) is 2.05. The maximum absolute atomic E-state index is 5.85. The molecule has 2 N–H and O–H groups in total. The molecule has 1 unspecified atom stereocenters. The minimum Gasteiger partial charge on any atom is -0.329 e. The third-order valence-corrected chi connectivity index (χ3v) is 6.32. The lowest BCUT2D eigenvalue weighted by Crippen LogP contribution is -2.38. The Bertz CT molecular complexity index is 343. The topological polar surface area (TPSA) is 29.3 Å². The first-order chi connectivity index (χ1) is 7.61. The first-order valence-corrected chi connectivity index (χ1v) is 7.86. The molecule has 0 radical (unpaired) electrons. The summed E-state index contributed by atoms with van der Waals surface area (Å²) in [5.41, 5.74) is 5.85. The Morgan fingerprint density at radius 2 is 2.25 bits per heavy atom. The molecule has 0 spiro atoms. The van der Waals surface area contributed by atoms with Crippen LogP contribution in [0.1, 0.15) is 17.7 Å². The van der Waals surface area contributed by atoms with Crippen LogP contribution in [0.25, 0.3) is 0 Å². The summed E-state index contributed by atoms with van der Waals surface area (Å²) < 4.78 is 2.32. The van der Waals surface area contributed by atoms with Gasteiger partial charge < -0.3 is 5.73 Å². The van der Waals surface area contributed by atoms with Crippen LogP contribution in [0.15, 0.2) is 14.3 Å². The maximum Gasteiger partial charge on any atom is 0.0843 e. The van der Waals surface area contributed by atoms with E-state index in [1.54, 1.807) is 11.3 Å². The number of nitrogens with zero attached hydrogens (tertiary/aromatic N) is 1. The maximum atomic E-state index is 5.85. The number of rotatable bonds is 5. The van der Waals surface area contributed by atoms with Crippen LogP contribution in [0.3, 0.4) is 0 Å². The average Bonchev–Trinajstić information content (AvgIpc) is 2.97. The highest BCUT2D eigenvalue weighted by Crippen LogP contribution is 2.37. The summed E-state index contributed by atoms with van der Waals surface area (Å²) in [5, 5.41) is 0. The zero-order valence-electron chi connectivity index (χ0n) is 9.25. The van der Waals surface area contributed by atoms with E-state index in [9.17, 15) is 0 Å². The van der Waals surface area contributed by atoms with E-state index in [1.165, 1.54) is 21.5 Å². The second-order valence-corrected chi connectivity index (χ2v) is 7.70. The molecule has 1 heterocycles. The first-order valence-electron chi connectivity index (χ1n) is 5.46. The summed E-state index contributed by atoms with van der Waals surface area (Å²) in [5.74, 6) is 0.835. The fourth-order valence-corrected chi connectivity index (χ4v) is 4.29. The molecule has 0 amide bonds. The van der Waals surface area contributed by atoms with Gasteiger partial charge >= 0.3 is 0 Å². The van der Waals surface area contributed by atoms with Gasteiger partial charge in [0, 0.05) is 28.5 Å². The summed E-state index contributed by atoms with van der Waals surface area (Å²) in [6.45, 7) is 1.77. The predicted octanol–water partition coefficient (Wildman–Crippen LogP) is 3.44. The van der Waals surface area contributed by atoms with Crippen LogP contribution in [0.4, 0.5) is 0 Å². The van der Waals surface area contributed by atoms with Crippen molar-refractivity contribution in [2.75, 3.05) is 13.6 Å². The zero-order chi connectivity index (χ0) is 11.7. The van der Waals surface area contributed by atoms with Gasteiger partial charge in [0.25, 0.3) is 0 Å². The molecule has 5 heteroatoms. The van der Waals surface area contributed by atoms with Gasteiger partial charge in [0.05, 0.1) is 3.79 Å². The van der Waals surface area contributed by atoms with Gasteiger partial charge in [0.15, 0.2) is 0 Å². The fraction of sp³-hybridized carbons (Fsp3) is 0.636. The summed E-state index contributed by atoms with van der Waals surface area (Å²) in [6, 6.07) is 2.74. The van der Waals surface area contributed by atoms with Crippen LogP contribution in [0, 0.1) is 5.92 Å². The SMILES string of the molecule is CN(Cc1cc(Br)c(Br)s1)C(CN)C1CC1. The molecule has 1 aromatic heterocycles. The van der Waals surface area contributed by atoms with E-state index in [0.29, 0.717) is 6.04 Å². The molecule has 0 bridgehead atoms. The third kappa shape index (κ3) is 3.07. The highest BCUT2D eigenvalue weighted by Gasteiger charge is 2.32. The molecule has 2 nitrogen and oxygen atoms in total. The van der Waals surface area contributed by atoms with Crippen molar-refractivity contribution in [2.45, 2.75) is 25.4 Å². The lowest BCUT2D eigenvalue weighted by molar-refractivity contribution is 0.217. The lowest BCUT2D eigenvalue weighted by Gasteiger charge is -2.26. The average molecular weight is 368 g/mol. The number of likely N-dealkylation sites (N-methyl/N-ethyl adjacent to an activating group) is 1. The molecule has 0 aromatic carbocycles. The van der Waals surface area contributed by atoms with Crippen LogP contribution >= 0.6 is 43.2 Å². The van der Waals surface area contributed by atoms with Crippen molar-refractivity contribution in [3.63, 3.8) is 0 Å². The molecule has 1 fully saturated rings. The number of hydrogen-bond donors (Lipinski definition) is 1. The Labute approximate surface area is 117 Å². The van der Waals surface area contributed by atoms with Crippen molar-refractivity contribution in [1.29, 1.82) is 0 Å². The van der Waals surface area contributed by atoms with E-state index in [-0.39, 0.29) is 0 Å². The van der Waals surface area contributed by atoms with E-state index in [0.717, 1.165) is 23.5 Å². The standard InChI is InChI=1S/C11H16Br2N2S/c1-15(10(5-14)7-2-3-7)6-8-4-9(12)11(13)16-8/h4,7,10H,2-3,5-6,14H2,1H3. The quantitative estimate of drug-likeness (QED) is 0.863. The molecule has 1 aliphatic rings. The van der Waals surface area contributed by atoms with Gasteiger partial charge in [-0.3, -0.25) is 4.90 Å². The molecular weight excluding hydrogens is 352 g/mol. The van der Waals surface area contributed by atoms with Crippen molar-refractivity contribution in [3.05, 3.63) is 19.2 Å². The van der Waals surface area contributed by atoms with Crippen molar-refractivity contribution in [3.8, 4) is 0 Å². The minimum absolute atomic E-state index is 0.555. The molecule has 1 aliphatic carbocycles. The number of halogens is 2. The van der Waals surface area contributed by atoms with Gasteiger partial charge in [-0.25, -0.2) is 0 Å². The van der Waals surface area contributed by atoms with Gasteiger partial charge in [-0.1, -0.05) is 0 Å². The Balaban J connectivity index is 1.97. The Hall–Kier alpha value is 0.580. The summed E-state index contributed by atoms with van der Waals surface area (Å²) in [7, 11) is 2.18. The van der Waals surface area contributed by atoms with Gasteiger partial charge in [-0.2, -0.15) is 0 Å². The normalized spacial score (nSPS) is 18.1. The summed E-state index contributed by atoms with van der Waals surface area (Å²) >= 11 is 8.84. The van der Waals surface area contributed by atoms with Crippen LogP contribution in [0.2, 0.25) is 0 Å². The molecule has 0 saturated heterocycles. The van der Waals surface area contributed by atoms with Gasteiger partial charge in [-0.05, 0) is 63.7 Å². The van der Waals surface area contributed by atoms with E-state index in [4.69, 9.17) is 5.73 Å². The first kappa shape index (κ1) is 13.0. The molecule has 1 saturated carbocycles. The minimum atomic E-state index is 0.555. The number of nitrogens with two attached hydrogens (primary N) is 1. The molecule has 0 aliphatic heterocycles. The van der Waals surface area contributed by atoms with Gasteiger partial charge in [0.2, 0.25) is 0 Å². The van der Waals surface area contributed by atoms with E-state index < -0.39 is 0 Å². The van der Waals surface area contributed by atoms with Crippen LogP contribution in [-0.2, 0) is 6.54 Å². The smallest absolute Gasteiger partial charge is 0.0843 e. The third-order valence-electron chi connectivity index (χ3n) is 3.08. The highest BCUT2D eigenvalue weighted by atomic mass is 79.9. The van der Waals surface area contributed by atoms with Crippen LogP contribution in [0.5, 0.6) is 0 Å². The largest absolute Gasteiger partial charge is 0.329 e. The molecule has 1 aromatic rings. The second-order valence-electron chi connectivity index (χ2n) is 4.39. The summed E-state index contributed by atoms with van der Waals surface area (Å²) in [6.07, 6.45) is 2.70. The van der Waals surface area contributed by atoms with Crippen molar-refractivity contribution in [1.82, 2.24) is 4.90 Å². The molecule has 2 rings (SSSR count). The Kier molecular flexibility index (Phi) is 4.46. The van der Waals surface area contributed by atoms with E-state index in [2.05, 4.69) is 49.9 Å². The Morgan fingerprint density at radius 3 is 2.69 bits per heavy atom. The molecule has 1 atom stereocenters. The van der Waals surface area contributed by atoms with Crippen molar-refractivity contribution >= 4 is 43.2 Å². The zero-order valence-corrected chi connectivity index (χ0v) is 13.2. The second kappa shape index (κ2) is 5.48. The van der Waals surface area contributed by atoms with Gasteiger partial charge in [0.1, 0.15) is 0 Å². The molecule has 16 heavy (non-hydrogen) atoms. The van der Waals surface area contributed by atoms with Crippen molar-refractivity contribution < 1.29 is 0 Å².